The molecule has 1 aromatic carbocycles. The molecule has 1 aliphatic heterocycles. The van der Waals surface area contributed by atoms with Crippen molar-refractivity contribution in [2.75, 3.05) is 31.1 Å². The van der Waals surface area contributed by atoms with Gasteiger partial charge in [0, 0.05) is 41.7 Å². The Hall–Kier alpha value is -1.33. The van der Waals surface area contributed by atoms with E-state index >= 15 is 0 Å². The van der Waals surface area contributed by atoms with Crippen LogP contribution in [0.1, 0.15) is 17.5 Å². The Morgan fingerprint density at radius 1 is 1.20 bits per heavy atom. The van der Waals surface area contributed by atoms with Crippen molar-refractivity contribution in [3.05, 3.63) is 33.8 Å². The molecule has 0 amide bonds. The minimum atomic E-state index is 0.986. The normalized spacial score (nSPS) is 17.8. The van der Waals surface area contributed by atoms with Crippen LogP contribution in [0.3, 0.4) is 0 Å². The molecule has 0 spiro atoms. The topological polar surface area (TPSA) is 44.0 Å². The molecule has 0 atom stereocenters. The van der Waals surface area contributed by atoms with E-state index in [4.69, 9.17) is 0 Å². The second-order valence-electron chi connectivity index (χ2n) is 5.47. The molecule has 2 heterocycles. The van der Waals surface area contributed by atoms with Crippen molar-refractivity contribution >= 4 is 21.7 Å². The second-order valence-corrected chi connectivity index (χ2v) is 6.39. The zero-order valence-electron chi connectivity index (χ0n) is 11.2. The third kappa shape index (κ3) is 1.96. The van der Waals surface area contributed by atoms with Crippen molar-refractivity contribution in [1.82, 2.24) is 15.5 Å². The Bertz CT molecular complexity index is 641. The molecule has 20 heavy (non-hydrogen) atoms. The number of rotatable bonds is 1. The fraction of sp³-hybridized carbons (Fsp3) is 0.400. The number of hydrogen-bond donors (Lipinski definition) is 2. The van der Waals surface area contributed by atoms with Gasteiger partial charge in [-0.1, -0.05) is 22.0 Å². The Balaban J connectivity index is 1.71. The van der Waals surface area contributed by atoms with E-state index in [1.807, 2.05) is 0 Å². The molecule has 2 aromatic rings. The molecule has 4 rings (SSSR count). The number of hydrogen-bond acceptors (Lipinski definition) is 3. The minimum Gasteiger partial charge on any atom is -0.354 e. The summed E-state index contributed by atoms with van der Waals surface area (Å²) in [5.41, 5.74) is 5.26. The maximum atomic E-state index is 4.59. The van der Waals surface area contributed by atoms with Crippen molar-refractivity contribution in [3.63, 3.8) is 0 Å². The quantitative estimate of drug-likeness (QED) is 0.719. The maximum Gasteiger partial charge on any atom is 0.154 e. The van der Waals surface area contributed by atoms with Gasteiger partial charge in [-0.2, -0.15) is 5.10 Å². The van der Waals surface area contributed by atoms with Crippen LogP contribution in [-0.4, -0.2) is 36.4 Å². The summed E-state index contributed by atoms with van der Waals surface area (Å²) < 4.78 is 1.15. The van der Waals surface area contributed by atoms with Gasteiger partial charge in [0.25, 0.3) is 0 Å². The SMILES string of the molecule is Brc1ccc2c(c1)Cc1c(N3CCCNCC3)n[nH]c1-2. The fourth-order valence-electron chi connectivity index (χ4n) is 3.21. The maximum absolute atomic E-state index is 4.59. The third-order valence-electron chi connectivity index (χ3n) is 4.19. The van der Waals surface area contributed by atoms with E-state index in [-0.39, 0.29) is 0 Å². The molecule has 1 aromatic heterocycles. The molecule has 1 saturated heterocycles. The lowest BCUT2D eigenvalue weighted by Crippen LogP contribution is -2.28. The van der Waals surface area contributed by atoms with Gasteiger partial charge in [-0.15, -0.1) is 0 Å². The predicted octanol–water partition coefficient (Wildman–Crippen LogP) is 2.54. The molecule has 0 bridgehead atoms. The van der Waals surface area contributed by atoms with Crippen molar-refractivity contribution in [1.29, 1.82) is 0 Å². The van der Waals surface area contributed by atoms with Gasteiger partial charge < -0.3 is 10.2 Å². The molecule has 104 valence electrons. The van der Waals surface area contributed by atoms with Gasteiger partial charge in [0.2, 0.25) is 0 Å². The first kappa shape index (κ1) is 12.4. The molecule has 2 aliphatic rings. The molecule has 0 saturated carbocycles. The summed E-state index contributed by atoms with van der Waals surface area (Å²) in [6.07, 6.45) is 2.17. The number of halogens is 1. The van der Waals surface area contributed by atoms with Crippen LogP contribution in [0.2, 0.25) is 0 Å². The van der Waals surface area contributed by atoms with Gasteiger partial charge in [-0.3, -0.25) is 5.10 Å². The predicted molar refractivity (Wildman–Crippen MR) is 84.2 cm³/mol. The van der Waals surface area contributed by atoms with E-state index in [2.05, 4.69) is 54.5 Å². The molecule has 0 unspecified atom stereocenters. The van der Waals surface area contributed by atoms with Gasteiger partial charge in [-0.25, -0.2) is 0 Å². The summed E-state index contributed by atoms with van der Waals surface area (Å²) in [7, 11) is 0. The molecule has 1 fully saturated rings. The summed E-state index contributed by atoms with van der Waals surface area (Å²) in [4.78, 5) is 2.41. The van der Waals surface area contributed by atoms with E-state index in [0.717, 1.165) is 42.9 Å². The molecule has 5 heteroatoms. The first-order valence-corrected chi connectivity index (χ1v) is 7.94. The van der Waals surface area contributed by atoms with Crippen molar-refractivity contribution in [3.8, 4) is 11.3 Å². The molecule has 2 N–H and O–H groups in total. The first-order chi connectivity index (χ1) is 9.83. The highest BCUT2D eigenvalue weighted by Gasteiger charge is 2.27. The van der Waals surface area contributed by atoms with Gasteiger partial charge >= 0.3 is 0 Å². The smallest absolute Gasteiger partial charge is 0.154 e. The van der Waals surface area contributed by atoms with E-state index < -0.39 is 0 Å². The Morgan fingerprint density at radius 2 is 2.15 bits per heavy atom. The number of benzene rings is 1. The largest absolute Gasteiger partial charge is 0.354 e. The summed E-state index contributed by atoms with van der Waals surface area (Å²) in [5, 5.41) is 11.3. The Morgan fingerprint density at radius 3 is 3.10 bits per heavy atom. The summed E-state index contributed by atoms with van der Waals surface area (Å²) in [5.74, 6) is 1.15. The average Bonchev–Trinajstić information content (AvgIpc) is 2.87. The van der Waals surface area contributed by atoms with E-state index in [1.165, 1.54) is 28.8 Å². The lowest BCUT2D eigenvalue weighted by molar-refractivity contribution is 0.724. The third-order valence-corrected chi connectivity index (χ3v) is 4.68. The molecule has 1 aliphatic carbocycles. The Labute approximate surface area is 126 Å². The fourth-order valence-corrected chi connectivity index (χ4v) is 3.62. The molecular weight excluding hydrogens is 316 g/mol. The lowest BCUT2D eigenvalue weighted by Gasteiger charge is -2.20. The van der Waals surface area contributed by atoms with Crippen LogP contribution in [0.25, 0.3) is 11.3 Å². The molecule has 4 nitrogen and oxygen atoms in total. The summed E-state index contributed by atoms with van der Waals surface area (Å²) >= 11 is 3.56. The molecule has 0 radical (unpaired) electrons. The number of H-pyrrole nitrogens is 1. The second kappa shape index (κ2) is 4.90. The monoisotopic (exact) mass is 332 g/mol. The van der Waals surface area contributed by atoms with E-state index in [9.17, 15) is 0 Å². The lowest BCUT2D eigenvalue weighted by atomic mass is 10.1. The van der Waals surface area contributed by atoms with Gasteiger partial charge in [-0.05, 0) is 30.7 Å². The first-order valence-electron chi connectivity index (χ1n) is 7.14. The van der Waals surface area contributed by atoms with E-state index in [0.29, 0.717) is 0 Å². The summed E-state index contributed by atoms with van der Waals surface area (Å²) in [6, 6.07) is 6.50. The number of aromatic amines is 1. The van der Waals surface area contributed by atoms with Crippen LogP contribution in [0.15, 0.2) is 22.7 Å². The number of fused-ring (bicyclic) bond motifs is 3. The molecular formula is C15H17BrN4. The van der Waals surface area contributed by atoms with Crippen LogP contribution < -0.4 is 10.2 Å². The van der Waals surface area contributed by atoms with E-state index in [1.54, 1.807) is 0 Å². The van der Waals surface area contributed by atoms with Gasteiger partial charge in [0.05, 0.1) is 5.69 Å². The van der Waals surface area contributed by atoms with Crippen LogP contribution in [-0.2, 0) is 6.42 Å². The standard InChI is InChI=1S/C15H17BrN4/c16-11-2-3-12-10(8-11)9-13-14(12)18-19-15(13)20-6-1-4-17-5-7-20/h2-3,8,17H,1,4-7,9H2,(H,18,19). The number of aromatic nitrogens is 2. The number of nitrogens with zero attached hydrogens (tertiary/aromatic N) is 2. The van der Waals surface area contributed by atoms with Crippen molar-refractivity contribution in [2.24, 2.45) is 0 Å². The Kier molecular flexibility index (Phi) is 3.04. The highest BCUT2D eigenvalue weighted by molar-refractivity contribution is 9.10. The average molecular weight is 333 g/mol. The highest BCUT2D eigenvalue weighted by atomic mass is 79.9. The highest BCUT2D eigenvalue weighted by Crippen LogP contribution is 2.40. The zero-order chi connectivity index (χ0) is 13.5. The summed E-state index contributed by atoms with van der Waals surface area (Å²) in [6.45, 7) is 4.28. The van der Waals surface area contributed by atoms with Crippen LogP contribution >= 0.6 is 15.9 Å². The minimum absolute atomic E-state index is 0.986. The van der Waals surface area contributed by atoms with Gasteiger partial charge in [0.15, 0.2) is 5.82 Å². The van der Waals surface area contributed by atoms with Crippen LogP contribution in [0.4, 0.5) is 5.82 Å². The van der Waals surface area contributed by atoms with Crippen LogP contribution in [0.5, 0.6) is 0 Å². The van der Waals surface area contributed by atoms with Crippen molar-refractivity contribution < 1.29 is 0 Å². The number of anilines is 1. The van der Waals surface area contributed by atoms with Gasteiger partial charge in [0.1, 0.15) is 0 Å². The zero-order valence-corrected chi connectivity index (χ0v) is 12.8. The van der Waals surface area contributed by atoms with Crippen molar-refractivity contribution in [2.45, 2.75) is 12.8 Å². The van der Waals surface area contributed by atoms with Crippen LogP contribution in [0, 0.1) is 0 Å². The number of nitrogens with one attached hydrogen (secondary N) is 2.